The zero-order valence-electron chi connectivity index (χ0n) is 23.7. The van der Waals surface area contributed by atoms with E-state index in [0.29, 0.717) is 11.1 Å². The molecule has 10 heteroatoms. The van der Waals surface area contributed by atoms with Gasteiger partial charge in [0.15, 0.2) is 5.03 Å². The second-order valence-electron chi connectivity index (χ2n) is 10.1. The molecule has 0 fully saturated rings. The lowest BCUT2D eigenvalue weighted by atomic mass is 10.0. The first-order chi connectivity index (χ1) is 20.2. The standard InChI is InChI=1S/C32H36N4O5S/c1-3-36(4-2)22-24-16-14-23(15-17-24)20-29(32(38)39)33-30(37)21-28(25-10-6-5-7-11-25)35-42(40,41)31-19-18-26-12-8-9-13-27(26)34-31/h5-19,28-29,35H,3-4,20-22H2,1-2H3,(H,33,37)(H,38,39). The molecule has 0 aliphatic heterocycles. The van der Waals surface area contributed by atoms with E-state index in [0.717, 1.165) is 36.1 Å². The summed E-state index contributed by atoms with van der Waals surface area (Å²) < 4.78 is 29.3. The second kappa shape index (κ2) is 14.2. The maximum Gasteiger partial charge on any atom is 0.326 e. The van der Waals surface area contributed by atoms with Gasteiger partial charge in [-0.2, -0.15) is 0 Å². The molecule has 0 radical (unpaired) electrons. The van der Waals surface area contributed by atoms with E-state index in [1.807, 2.05) is 36.4 Å². The average Bonchev–Trinajstić information content (AvgIpc) is 3.00. The molecule has 0 aliphatic rings. The molecule has 0 saturated carbocycles. The van der Waals surface area contributed by atoms with Crippen LogP contribution in [-0.4, -0.2) is 54.4 Å². The van der Waals surface area contributed by atoms with Gasteiger partial charge in [-0.25, -0.2) is 22.9 Å². The van der Waals surface area contributed by atoms with Crippen molar-refractivity contribution in [2.24, 2.45) is 0 Å². The van der Waals surface area contributed by atoms with E-state index in [-0.39, 0.29) is 17.9 Å². The van der Waals surface area contributed by atoms with E-state index < -0.39 is 34.0 Å². The molecule has 1 heterocycles. The summed E-state index contributed by atoms with van der Waals surface area (Å²) in [6.07, 6.45) is -0.210. The SMILES string of the molecule is CCN(CC)Cc1ccc(CC(NC(=O)CC(NS(=O)(=O)c2ccc3ccccc3n2)c2ccccc2)C(=O)O)cc1. The fourth-order valence-electron chi connectivity index (χ4n) is 4.72. The Hall–Kier alpha value is -4.12. The highest BCUT2D eigenvalue weighted by molar-refractivity contribution is 7.89. The number of fused-ring (bicyclic) bond motifs is 1. The fourth-order valence-corrected chi connectivity index (χ4v) is 5.90. The fraction of sp³-hybridized carbons (Fsp3) is 0.281. The summed E-state index contributed by atoms with van der Waals surface area (Å²) in [5, 5.41) is 13.1. The summed E-state index contributed by atoms with van der Waals surface area (Å²) in [6, 6.07) is 24.5. The summed E-state index contributed by atoms with van der Waals surface area (Å²) in [7, 11) is -4.12. The number of benzene rings is 3. The minimum atomic E-state index is -4.12. The number of para-hydroxylation sites is 1. The number of rotatable bonds is 14. The van der Waals surface area contributed by atoms with Gasteiger partial charge in [0.2, 0.25) is 5.91 Å². The van der Waals surface area contributed by atoms with Gasteiger partial charge in [-0.15, -0.1) is 0 Å². The number of carboxylic acids is 1. The van der Waals surface area contributed by atoms with Crippen LogP contribution in [0.1, 0.15) is 43.0 Å². The van der Waals surface area contributed by atoms with Crippen molar-refractivity contribution in [3.63, 3.8) is 0 Å². The van der Waals surface area contributed by atoms with Gasteiger partial charge < -0.3 is 10.4 Å². The van der Waals surface area contributed by atoms with Crippen molar-refractivity contribution in [3.8, 4) is 0 Å². The molecule has 42 heavy (non-hydrogen) atoms. The molecule has 4 rings (SSSR count). The number of sulfonamides is 1. The number of aromatic nitrogens is 1. The first-order valence-corrected chi connectivity index (χ1v) is 15.4. The van der Waals surface area contributed by atoms with E-state index in [2.05, 4.69) is 33.8 Å². The lowest BCUT2D eigenvalue weighted by Gasteiger charge is -2.21. The molecule has 2 atom stereocenters. The number of hydrogen-bond acceptors (Lipinski definition) is 6. The first kappa shape index (κ1) is 30.8. The maximum atomic E-state index is 13.3. The van der Waals surface area contributed by atoms with Crippen molar-refractivity contribution in [2.45, 2.75) is 50.3 Å². The van der Waals surface area contributed by atoms with E-state index in [1.165, 1.54) is 6.07 Å². The monoisotopic (exact) mass is 588 g/mol. The summed E-state index contributed by atoms with van der Waals surface area (Å²) >= 11 is 0. The van der Waals surface area contributed by atoms with Gasteiger partial charge in [0.05, 0.1) is 11.6 Å². The zero-order valence-corrected chi connectivity index (χ0v) is 24.5. The van der Waals surface area contributed by atoms with Gasteiger partial charge in [0.25, 0.3) is 10.0 Å². The van der Waals surface area contributed by atoms with Gasteiger partial charge >= 0.3 is 5.97 Å². The highest BCUT2D eigenvalue weighted by atomic mass is 32.2. The zero-order chi connectivity index (χ0) is 30.1. The normalized spacial score (nSPS) is 13.1. The third-order valence-corrected chi connectivity index (χ3v) is 8.51. The predicted octanol–water partition coefficient (Wildman–Crippen LogP) is 4.30. The van der Waals surface area contributed by atoms with E-state index in [1.54, 1.807) is 48.5 Å². The molecule has 220 valence electrons. The molecule has 9 nitrogen and oxygen atoms in total. The number of carboxylic acid groups (broad SMARTS) is 1. The van der Waals surface area contributed by atoms with Crippen molar-refractivity contribution >= 4 is 32.8 Å². The van der Waals surface area contributed by atoms with Crippen LogP contribution in [0.5, 0.6) is 0 Å². The first-order valence-electron chi connectivity index (χ1n) is 13.9. The number of carbonyl (C=O) groups excluding carboxylic acids is 1. The predicted molar refractivity (Wildman–Crippen MR) is 162 cm³/mol. The Kier molecular flexibility index (Phi) is 10.4. The number of pyridine rings is 1. The van der Waals surface area contributed by atoms with E-state index >= 15 is 0 Å². The largest absolute Gasteiger partial charge is 0.480 e. The Morgan fingerprint density at radius 3 is 2.17 bits per heavy atom. The van der Waals surface area contributed by atoms with Gasteiger partial charge in [-0.1, -0.05) is 86.6 Å². The average molecular weight is 589 g/mol. The molecular formula is C32H36N4O5S. The quantitative estimate of drug-likeness (QED) is 0.200. The summed E-state index contributed by atoms with van der Waals surface area (Å²) in [4.78, 5) is 31.8. The Bertz CT molecular complexity index is 1610. The van der Waals surface area contributed by atoms with Crippen molar-refractivity contribution in [2.75, 3.05) is 13.1 Å². The molecule has 1 aromatic heterocycles. The van der Waals surface area contributed by atoms with Gasteiger partial charge in [0.1, 0.15) is 6.04 Å². The van der Waals surface area contributed by atoms with Crippen molar-refractivity contribution in [1.29, 1.82) is 0 Å². The topological polar surface area (TPSA) is 129 Å². The Balaban J connectivity index is 1.47. The van der Waals surface area contributed by atoms with E-state index in [9.17, 15) is 23.1 Å². The minimum absolute atomic E-state index is 0.0926. The van der Waals surface area contributed by atoms with Crippen LogP contribution in [0.3, 0.4) is 0 Å². The minimum Gasteiger partial charge on any atom is -0.480 e. The molecule has 3 aromatic carbocycles. The third-order valence-electron chi connectivity index (χ3n) is 7.13. The van der Waals surface area contributed by atoms with Crippen LogP contribution in [-0.2, 0) is 32.6 Å². The molecule has 0 aliphatic carbocycles. The van der Waals surface area contributed by atoms with Crippen LogP contribution in [0.4, 0.5) is 0 Å². The van der Waals surface area contributed by atoms with Crippen molar-refractivity contribution in [1.82, 2.24) is 19.9 Å². The molecule has 1 amide bonds. The van der Waals surface area contributed by atoms with Crippen molar-refractivity contribution in [3.05, 3.63) is 108 Å². The number of hydrogen-bond donors (Lipinski definition) is 3. The summed E-state index contributed by atoms with van der Waals surface area (Å²) in [5.74, 6) is -1.77. The summed E-state index contributed by atoms with van der Waals surface area (Å²) in [5.41, 5.74) is 2.98. The molecule has 4 aromatic rings. The van der Waals surface area contributed by atoms with Crippen LogP contribution in [0, 0.1) is 0 Å². The molecule has 0 bridgehead atoms. The number of amides is 1. The number of nitrogens with zero attached hydrogens (tertiary/aromatic N) is 2. The lowest BCUT2D eigenvalue weighted by Crippen LogP contribution is -2.44. The van der Waals surface area contributed by atoms with E-state index in [4.69, 9.17) is 0 Å². The second-order valence-corrected chi connectivity index (χ2v) is 11.7. The van der Waals surface area contributed by atoms with Gasteiger partial charge in [-0.3, -0.25) is 9.69 Å². The molecule has 2 unspecified atom stereocenters. The van der Waals surface area contributed by atoms with Crippen molar-refractivity contribution < 1.29 is 23.1 Å². The third kappa shape index (κ3) is 8.22. The number of aliphatic carboxylic acids is 1. The molecular weight excluding hydrogens is 552 g/mol. The maximum absolute atomic E-state index is 13.3. The van der Waals surface area contributed by atoms with Crippen LogP contribution < -0.4 is 10.0 Å². The van der Waals surface area contributed by atoms with Crippen LogP contribution in [0.25, 0.3) is 10.9 Å². The summed E-state index contributed by atoms with van der Waals surface area (Å²) in [6.45, 7) is 6.88. The highest BCUT2D eigenvalue weighted by Gasteiger charge is 2.27. The van der Waals surface area contributed by atoms with Gasteiger partial charge in [-0.05, 0) is 48.0 Å². The van der Waals surface area contributed by atoms with Crippen LogP contribution >= 0.6 is 0 Å². The number of nitrogens with one attached hydrogen (secondary N) is 2. The van der Waals surface area contributed by atoms with Crippen LogP contribution in [0.15, 0.2) is 96.0 Å². The Labute approximate surface area is 246 Å². The molecule has 0 saturated heterocycles. The number of carbonyl (C=O) groups is 2. The smallest absolute Gasteiger partial charge is 0.326 e. The molecule has 0 spiro atoms. The molecule has 3 N–H and O–H groups in total. The Morgan fingerprint density at radius 2 is 1.50 bits per heavy atom. The van der Waals surface area contributed by atoms with Crippen LogP contribution in [0.2, 0.25) is 0 Å². The highest BCUT2D eigenvalue weighted by Crippen LogP contribution is 2.22. The Morgan fingerprint density at radius 1 is 0.857 bits per heavy atom. The lowest BCUT2D eigenvalue weighted by molar-refractivity contribution is -0.141. The van der Waals surface area contributed by atoms with Gasteiger partial charge in [0, 0.05) is 24.8 Å².